The summed E-state index contributed by atoms with van der Waals surface area (Å²) in [5.41, 5.74) is 9.87. The van der Waals surface area contributed by atoms with Crippen LogP contribution in [0.3, 0.4) is 0 Å². The second-order valence-corrected chi connectivity index (χ2v) is 20.5. The predicted octanol–water partition coefficient (Wildman–Crippen LogP) is 7.04. The molecule has 0 fully saturated rings. The van der Waals surface area contributed by atoms with E-state index in [0.29, 0.717) is 6.42 Å². The SMILES string of the molecule is CCCC(COC(=O)OOC(=O)c1ccc([SiH2]C=C(CC)CC)cc1)(COC(=O)OOC(=O)c1ccc([SiH2]C=C(CC)CC)cc1)COC(=O)OOC(=O)c1ccc([SiH2]C=C(CC)CC)cc1. The van der Waals surface area contributed by atoms with Gasteiger partial charge in [-0.3, -0.25) is 0 Å². The molecule has 0 aromatic heterocycles. The van der Waals surface area contributed by atoms with Crippen molar-refractivity contribution in [2.75, 3.05) is 19.8 Å². The molecule has 0 unspecified atom stereocenters. The number of ether oxygens (including phenoxy) is 3. The Kier molecular flexibility index (Phi) is 24.8. The molecule has 0 amide bonds. The van der Waals surface area contributed by atoms with Crippen molar-refractivity contribution in [3.63, 3.8) is 0 Å². The molecule has 0 heterocycles. The molecule has 0 aliphatic rings. The quantitative estimate of drug-likeness (QED) is 0.0310. The van der Waals surface area contributed by atoms with E-state index in [1.54, 1.807) is 43.3 Å². The van der Waals surface area contributed by atoms with Gasteiger partial charge in [0.05, 0.1) is 50.7 Å². The molecule has 0 bridgehead atoms. The van der Waals surface area contributed by atoms with Crippen LogP contribution >= 0.6 is 0 Å². The molecular weight excluding hydrogens is 913 g/mol. The van der Waals surface area contributed by atoms with Gasteiger partial charge in [-0.2, -0.15) is 14.4 Å². The molecule has 3 rings (SSSR count). The molecule has 0 aliphatic heterocycles. The Hall–Kier alpha value is -6.25. The minimum Gasteiger partial charge on any atom is -0.431 e. The summed E-state index contributed by atoms with van der Waals surface area (Å²) in [5, 5.41) is 3.32. The number of benzene rings is 3. The van der Waals surface area contributed by atoms with Crippen molar-refractivity contribution in [1.29, 1.82) is 0 Å². The number of carbonyl (C=O) groups is 6. The van der Waals surface area contributed by atoms with Gasteiger partial charge in [0.2, 0.25) is 0 Å². The largest absolute Gasteiger partial charge is 0.549 e. The molecule has 67 heavy (non-hydrogen) atoms. The molecule has 3 aromatic rings. The van der Waals surface area contributed by atoms with Crippen molar-refractivity contribution < 1.29 is 72.3 Å². The van der Waals surface area contributed by atoms with Gasteiger partial charge < -0.3 is 14.2 Å². The zero-order chi connectivity index (χ0) is 49.0. The molecule has 0 spiro atoms. The topological polar surface area (TPSA) is 185 Å². The van der Waals surface area contributed by atoms with Gasteiger partial charge in [0.1, 0.15) is 19.8 Å². The normalized spacial score (nSPS) is 11.9. The molecule has 3 aromatic carbocycles. The van der Waals surface area contributed by atoms with Gasteiger partial charge in [-0.15, -0.1) is 0 Å². The van der Waals surface area contributed by atoms with Crippen molar-refractivity contribution in [1.82, 2.24) is 0 Å². The van der Waals surface area contributed by atoms with Gasteiger partial charge >= 0.3 is 36.4 Å². The summed E-state index contributed by atoms with van der Waals surface area (Å²) in [5.74, 6) is -2.86. The lowest BCUT2D eigenvalue weighted by molar-refractivity contribution is -0.217. The molecule has 0 saturated heterocycles. The first-order valence-corrected chi connectivity index (χ1v) is 27.3. The minimum atomic E-state index is -1.51. The minimum absolute atomic E-state index is 0.0781. The van der Waals surface area contributed by atoms with Crippen LogP contribution in [0.15, 0.2) is 107 Å². The Balaban J connectivity index is 1.64. The van der Waals surface area contributed by atoms with Gasteiger partial charge in [0.15, 0.2) is 0 Å². The van der Waals surface area contributed by atoms with Crippen molar-refractivity contribution in [3.8, 4) is 0 Å². The highest BCUT2D eigenvalue weighted by Gasteiger charge is 2.37. The Morgan fingerprint density at radius 2 is 0.657 bits per heavy atom. The smallest absolute Gasteiger partial charge is 0.431 e. The lowest BCUT2D eigenvalue weighted by Gasteiger charge is -2.30. The van der Waals surface area contributed by atoms with E-state index < -0.39 is 90.2 Å². The third kappa shape index (κ3) is 20.0. The Morgan fingerprint density at radius 3 is 0.881 bits per heavy atom. The Morgan fingerprint density at radius 1 is 0.403 bits per heavy atom. The highest BCUT2D eigenvalue weighted by atomic mass is 28.2. The van der Waals surface area contributed by atoms with E-state index in [9.17, 15) is 28.8 Å². The molecule has 0 radical (unpaired) electrons. The zero-order valence-electron chi connectivity index (χ0n) is 39.7. The van der Waals surface area contributed by atoms with Crippen molar-refractivity contribution in [3.05, 3.63) is 123 Å². The third-order valence-electron chi connectivity index (χ3n) is 11.0. The fourth-order valence-corrected chi connectivity index (χ4v) is 11.5. The summed E-state index contributed by atoms with van der Waals surface area (Å²) in [6.07, 6.45) is 2.02. The third-order valence-corrected chi connectivity index (χ3v) is 16.2. The van der Waals surface area contributed by atoms with Crippen molar-refractivity contribution in [2.24, 2.45) is 5.41 Å². The molecule has 362 valence electrons. The summed E-state index contributed by atoms with van der Waals surface area (Å²) in [4.78, 5) is 104. The number of allylic oxidation sites excluding steroid dienone is 3. The van der Waals surface area contributed by atoms with E-state index in [1.807, 2.05) is 36.4 Å². The number of rotatable bonds is 23. The lowest BCUT2D eigenvalue weighted by Crippen LogP contribution is -2.40. The van der Waals surface area contributed by atoms with Gasteiger partial charge in [-0.05, 0) is 81.3 Å². The molecule has 0 N–H and O–H groups in total. The van der Waals surface area contributed by atoms with Crippen LogP contribution in [0, 0.1) is 5.41 Å². The van der Waals surface area contributed by atoms with E-state index in [2.05, 4.69) is 73.3 Å². The van der Waals surface area contributed by atoms with Crippen LogP contribution in [0.1, 0.15) is 131 Å². The molecule has 18 heteroatoms. The lowest BCUT2D eigenvalue weighted by atomic mass is 9.86. The van der Waals surface area contributed by atoms with Crippen LogP contribution in [0.5, 0.6) is 0 Å². The van der Waals surface area contributed by atoms with E-state index in [1.165, 1.54) is 16.7 Å². The van der Waals surface area contributed by atoms with Crippen LogP contribution in [0.4, 0.5) is 14.4 Å². The first-order chi connectivity index (χ1) is 32.3. The summed E-state index contributed by atoms with van der Waals surface area (Å²) in [6, 6.07) is 20.3. The fraction of sp³-hybridized carbons (Fsp3) is 0.388. The van der Waals surface area contributed by atoms with Gasteiger partial charge in [0.25, 0.3) is 0 Å². The second-order valence-electron chi connectivity index (χ2n) is 15.6. The van der Waals surface area contributed by atoms with Gasteiger partial charge in [-0.25, -0.2) is 43.7 Å². The van der Waals surface area contributed by atoms with Gasteiger partial charge in [-0.1, -0.05) is 141 Å². The maximum atomic E-state index is 12.7. The van der Waals surface area contributed by atoms with Crippen LogP contribution < -0.4 is 15.6 Å². The maximum absolute atomic E-state index is 12.7. The molecular formula is C49H64O15Si3. The summed E-state index contributed by atoms with van der Waals surface area (Å²) in [7, 11) is -2.05. The average Bonchev–Trinajstić information content (AvgIpc) is 3.36. The molecule has 15 nitrogen and oxygen atoms in total. The van der Waals surface area contributed by atoms with Crippen LogP contribution in [-0.2, 0) is 43.5 Å². The van der Waals surface area contributed by atoms with Crippen molar-refractivity contribution >= 4 is 80.5 Å². The molecule has 0 aliphatic carbocycles. The Bertz CT molecular complexity index is 1910. The van der Waals surface area contributed by atoms with E-state index in [0.717, 1.165) is 54.1 Å². The number of hydrogen-bond acceptors (Lipinski definition) is 15. The van der Waals surface area contributed by atoms with Gasteiger partial charge in [0, 0.05) is 0 Å². The standard InChI is InChI=1S/C49H64O15Si3/c1-8-27-49(31-56-46(53)62-59-43(50)37-15-21-40(22-16-37)65-28-34(9-2)10-3,32-57-47(54)63-60-44(51)38-17-23-41(24-18-38)66-29-35(11-4)12-5)33-58-48(55)64-61-45(52)39-19-25-42(26-20-39)67-30-36(13-6)14-7/h15-26,28-30H,8-14,27,31-33,65-67H2,1-7H3. The summed E-state index contributed by atoms with van der Waals surface area (Å²) >= 11 is 0. The zero-order valence-corrected chi connectivity index (χ0v) is 43.9. The first-order valence-electron chi connectivity index (χ1n) is 22.8. The first kappa shape index (κ1) is 55.1. The van der Waals surface area contributed by atoms with Crippen LogP contribution in [0.2, 0.25) is 0 Å². The average molecular weight is 977 g/mol. The van der Waals surface area contributed by atoms with Crippen LogP contribution in [-0.4, -0.2) is 84.8 Å². The highest BCUT2D eigenvalue weighted by molar-refractivity contribution is 6.59. The summed E-state index contributed by atoms with van der Waals surface area (Å²) < 4.78 is 15.7. The van der Waals surface area contributed by atoms with E-state index in [-0.39, 0.29) is 23.1 Å². The number of carbonyl (C=O) groups excluding carboxylic acids is 6. The number of hydrogen-bond donors (Lipinski definition) is 0. The molecule has 0 atom stereocenters. The second kappa shape index (κ2) is 30.1. The fourth-order valence-electron chi connectivity index (χ4n) is 6.67. The summed E-state index contributed by atoms with van der Waals surface area (Å²) in [6.45, 7) is 12.5. The van der Waals surface area contributed by atoms with E-state index >= 15 is 0 Å². The van der Waals surface area contributed by atoms with Crippen molar-refractivity contribution in [2.45, 2.75) is 99.8 Å². The van der Waals surface area contributed by atoms with Crippen LogP contribution in [0.25, 0.3) is 0 Å². The highest BCUT2D eigenvalue weighted by Crippen LogP contribution is 2.27. The predicted molar refractivity (Wildman–Crippen MR) is 261 cm³/mol. The maximum Gasteiger partial charge on any atom is 0.549 e. The monoisotopic (exact) mass is 976 g/mol. The van der Waals surface area contributed by atoms with E-state index in [4.69, 9.17) is 28.9 Å². The molecule has 0 saturated carbocycles. The Labute approximate surface area is 399 Å².